The summed E-state index contributed by atoms with van der Waals surface area (Å²) < 4.78 is 17.7. The van der Waals surface area contributed by atoms with Gasteiger partial charge in [0.05, 0.1) is 18.5 Å². The highest BCUT2D eigenvalue weighted by atomic mass is 16.5. The molecular formula is C24H21N3O5. The fourth-order valence-corrected chi connectivity index (χ4v) is 3.12. The maximum absolute atomic E-state index is 12.8. The molecule has 0 aliphatic carbocycles. The minimum absolute atomic E-state index is 0.188. The Morgan fingerprint density at radius 3 is 2.50 bits per heavy atom. The van der Waals surface area contributed by atoms with E-state index in [1.54, 1.807) is 54.2 Å². The van der Waals surface area contributed by atoms with Crippen LogP contribution in [-0.2, 0) is 9.53 Å². The smallest absolute Gasteiger partial charge is 0.342 e. The van der Waals surface area contributed by atoms with E-state index < -0.39 is 18.5 Å². The van der Waals surface area contributed by atoms with Gasteiger partial charge in [-0.1, -0.05) is 30.3 Å². The maximum atomic E-state index is 12.8. The third kappa shape index (κ3) is 4.54. The van der Waals surface area contributed by atoms with Gasteiger partial charge in [-0.25, -0.2) is 9.48 Å². The summed E-state index contributed by atoms with van der Waals surface area (Å²) in [6.07, 6.45) is 1.56. The van der Waals surface area contributed by atoms with Gasteiger partial charge < -0.3 is 19.2 Å². The van der Waals surface area contributed by atoms with Crippen molar-refractivity contribution < 1.29 is 23.5 Å². The summed E-state index contributed by atoms with van der Waals surface area (Å²) in [5, 5.41) is 7.18. The van der Waals surface area contributed by atoms with Crippen molar-refractivity contribution in [1.29, 1.82) is 0 Å². The van der Waals surface area contributed by atoms with Gasteiger partial charge in [-0.05, 0) is 43.3 Å². The lowest BCUT2D eigenvalue weighted by Crippen LogP contribution is -2.21. The Morgan fingerprint density at radius 1 is 1.03 bits per heavy atom. The van der Waals surface area contributed by atoms with E-state index in [0.717, 1.165) is 5.69 Å². The Hall–Kier alpha value is -4.33. The maximum Gasteiger partial charge on any atom is 0.342 e. The molecule has 0 radical (unpaired) electrons. The molecule has 8 nitrogen and oxygen atoms in total. The number of furan rings is 1. The van der Waals surface area contributed by atoms with E-state index in [1.165, 1.54) is 7.11 Å². The van der Waals surface area contributed by atoms with Crippen LogP contribution >= 0.6 is 0 Å². The van der Waals surface area contributed by atoms with Crippen LogP contribution in [0, 0.1) is 6.92 Å². The van der Waals surface area contributed by atoms with Crippen LogP contribution in [0.15, 0.2) is 77.3 Å². The minimum atomic E-state index is -0.689. The van der Waals surface area contributed by atoms with Crippen molar-refractivity contribution in [3.05, 3.63) is 84.3 Å². The van der Waals surface area contributed by atoms with Gasteiger partial charge in [0.25, 0.3) is 5.91 Å². The lowest BCUT2D eigenvalue weighted by atomic mass is 10.2. The number of aromatic nitrogens is 2. The minimum Gasteiger partial charge on any atom is -0.495 e. The van der Waals surface area contributed by atoms with E-state index in [4.69, 9.17) is 13.9 Å². The molecule has 0 bridgehead atoms. The normalized spacial score (nSPS) is 10.6. The lowest BCUT2D eigenvalue weighted by molar-refractivity contribution is -0.119. The van der Waals surface area contributed by atoms with E-state index in [1.807, 2.05) is 30.3 Å². The molecule has 1 amide bonds. The highest BCUT2D eigenvalue weighted by Gasteiger charge is 2.23. The average Bonchev–Trinajstić information content (AvgIpc) is 3.45. The molecule has 0 aliphatic rings. The predicted octanol–water partition coefficient (Wildman–Crippen LogP) is 4.24. The Morgan fingerprint density at radius 2 is 1.78 bits per heavy atom. The van der Waals surface area contributed by atoms with Crippen LogP contribution in [0.2, 0.25) is 0 Å². The fourth-order valence-electron chi connectivity index (χ4n) is 3.12. The average molecular weight is 431 g/mol. The summed E-state index contributed by atoms with van der Waals surface area (Å²) in [6, 6.07) is 19.8. The van der Waals surface area contributed by atoms with E-state index in [9.17, 15) is 9.59 Å². The number of methoxy groups -OCH3 is 1. The quantitative estimate of drug-likeness (QED) is 0.440. The van der Waals surface area contributed by atoms with Crippen LogP contribution in [0.1, 0.15) is 16.1 Å². The topological polar surface area (TPSA) is 95.6 Å². The van der Waals surface area contributed by atoms with Gasteiger partial charge in [-0.3, -0.25) is 4.79 Å². The first-order valence-electron chi connectivity index (χ1n) is 9.87. The summed E-state index contributed by atoms with van der Waals surface area (Å²) >= 11 is 0. The second-order valence-electron chi connectivity index (χ2n) is 6.91. The van der Waals surface area contributed by atoms with Crippen molar-refractivity contribution in [3.63, 3.8) is 0 Å². The van der Waals surface area contributed by atoms with Crippen molar-refractivity contribution >= 4 is 17.6 Å². The van der Waals surface area contributed by atoms with Gasteiger partial charge in [0.15, 0.2) is 12.4 Å². The number of hydrogen-bond acceptors (Lipinski definition) is 6. The molecule has 0 aliphatic heterocycles. The number of para-hydroxylation sites is 3. The Balaban J connectivity index is 1.53. The molecule has 32 heavy (non-hydrogen) atoms. The number of hydrogen-bond donors (Lipinski definition) is 1. The first-order valence-corrected chi connectivity index (χ1v) is 9.87. The first kappa shape index (κ1) is 20.9. The molecule has 2 heterocycles. The summed E-state index contributed by atoms with van der Waals surface area (Å²) in [7, 11) is 1.51. The van der Waals surface area contributed by atoms with Crippen LogP contribution < -0.4 is 10.1 Å². The largest absolute Gasteiger partial charge is 0.495 e. The molecule has 0 spiro atoms. The van der Waals surface area contributed by atoms with Gasteiger partial charge in [0.1, 0.15) is 22.8 Å². The zero-order valence-electron chi connectivity index (χ0n) is 17.6. The molecule has 0 saturated heterocycles. The Labute approximate surface area is 184 Å². The van der Waals surface area contributed by atoms with Crippen molar-refractivity contribution in [2.24, 2.45) is 0 Å². The Kier molecular flexibility index (Phi) is 6.03. The van der Waals surface area contributed by atoms with E-state index in [0.29, 0.717) is 28.7 Å². The fraction of sp³-hybridized carbons (Fsp3) is 0.125. The van der Waals surface area contributed by atoms with Gasteiger partial charge in [0, 0.05) is 6.20 Å². The van der Waals surface area contributed by atoms with Gasteiger partial charge in [-0.2, -0.15) is 5.10 Å². The van der Waals surface area contributed by atoms with E-state index >= 15 is 0 Å². The highest BCUT2D eigenvalue weighted by molar-refractivity contribution is 5.98. The summed E-state index contributed by atoms with van der Waals surface area (Å²) in [5.74, 6) is 0.444. The van der Waals surface area contributed by atoms with Crippen LogP contribution in [-0.4, -0.2) is 35.4 Å². The number of ether oxygens (including phenoxy) is 2. The van der Waals surface area contributed by atoms with E-state index in [-0.39, 0.29) is 5.56 Å². The number of amides is 1. The summed E-state index contributed by atoms with van der Waals surface area (Å²) in [4.78, 5) is 25.2. The molecule has 162 valence electrons. The summed E-state index contributed by atoms with van der Waals surface area (Å²) in [5.41, 5.74) is 1.77. The number of nitrogens with one attached hydrogen (secondary N) is 1. The molecule has 0 unspecified atom stereocenters. The molecule has 4 aromatic rings. The number of esters is 1. The number of anilines is 1. The highest BCUT2D eigenvalue weighted by Crippen LogP contribution is 2.26. The van der Waals surface area contributed by atoms with Crippen LogP contribution in [0.25, 0.3) is 17.1 Å². The number of rotatable bonds is 7. The molecule has 2 aromatic carbocycles. The summed E-state index contributed by atoms with van der Waals surface area (Å²) in [6.45, 7) is 1.34. The standard InChI is InChI=1S/C24H21N3O5/c1-16-12-13-21(32-16)23-18(14-27(26-23)17-8-4-3-5-9-17)24(29)31-15-22(28)25-19-10-6-7-11-20(19)30-2/h3-14H,15H2,1-2H3,(H,25,28). The zero-order valence-corrected chi connectivity index (χ0v) is 17.6. The second-order valence-corrected chi connectivity index (χ2v) is 6.91. The number of carbonyl (C=O) groups excluding carboxylic acids is 2. The van der Waals surface area contributed by atoms with Crippen molar-refractivity contribution in [1.82, 2.24) is 9.78 Å². The number of benzene rings is 2. The van der Waals surface area contributed by atoms with Gasteiger partial charge in [-0.15, -0.1) is 0 Å². The molecule has 4 rings (SSSR count). The third-order valence-corrected chi connectivity index (χ3v) is 4.64. The molecular weight excluding hydrogens is 410 g/mol. The van der Waals surface area contributed by atoms with Crippen LogP contribution in [0.4, 0.5) is 5.69 Å². The molecule has 2 aromatic heterocycles. The second kappa shape index (κ2) is 9.22. The predicted molar refractivity (Wildman–Crippen MR) is 118 cm³/mol. The third-order valence-electron chi connectivity index (χ3n) is 4.64. The zero-order chi connectivity index (χ0) is 22.5. The SMILES string of the molecule is COc1ccccc1NC(=O)COC(=O)c1cn(-c2ccccc2)nc1-c1ccc(C)o1. The number of carbonyl (C=O) groups is 2. The van der Waals surface area contributed by atoms with Crippen molar-refractivity contribution in [3.8, 4) is 22.9 Å². The molecule has 8 heteroatoms. The molecule has 0 fully saturated rings. The Bertz CT molecular complexity index is 1240. The lowest BCUT2D eigenvalue weighted by Gasteiger charge is -2.10. The monoisotopic (exact) mass is 431 g/mol. The van der Waals surface area contributed by atoms with Crippen molar-refractivity contribution in [2.75, 3.05) is 19.0 Å². The number of nitrogens with zero attached hydrogens (tertiary/aromatic N) is 2. The first-order chi connectivity index (χ1) is 15.5. The molecule has 0 saturated carbocycles. The molecule has 1 N–H and O–H groups in total. The molecule has 0 atom stereocenters. The number of aryl methyl sites for hydroxylation is 1. The van der Waals surface area contributed by atoms with Crippen molar-refractivity contribution in [2.45, 2.75) is 6.92 Å². The van der Waals surface area contributed by atoms with Crippen LogP contribution in [0.5, 0.6) is 5.75 Å². The van der Waals surface area contributed by atoms with Crippen LogP contribution in [0.3, 0.4) is 0 Å². The van der Waals surface area contributed by atoms with Gasteiger partial charge >= 0.3 is 5.97 Å². The van der Waals surface area contributed by atoms with E-state index in [2.05, 4.69) is 10.4 Å². The van der Waals surface area contributed by atoms with Gasteiger partial charge in [0.2, 0.25) is 0 Å².